The van der Waals surface area contributed by atoms with Crippen molar-refractivity contribution in [2.45, 2.75) is 0 Å². The Labute approximate surface area is 125 Å². The summed E-state index contributed by atoms with van der Waals surface area (Å²) in [6, 6.07) is 17.6. The molecule has 4 aromatic rings. The molecule has 3 heterocycles. The fourth-order valence-corrected chi connectivity index (χ4v) is 7.01. The Morgan fingerprint density at radius 1 is 0.632 bits per heavy atom. The van der Waals surface area contributed by atoms with Crippen LogP contribution < -0.4 is 0 Å². The van der Waals surface area contributed by atoms with Crippen molar-refractivity contribution in [3.05, 3.63) is 59.3 Å². The van der Waals surface area contributed by atoms with E-state index < -0.39 is 0 Å². The monoisotopic (exact) mass is 346 g/mol. The molecule has 0 N–H and O–H groups in total. The molecule has 19 heavy (non-hydrogen) atoms. The standard InChI is InChI=1S/C16H10S2Se/c1-2-6-12-11(5-1)15(13-7-3-9-17-13)19-16(12)14-8-4-10-18-14/h1-10H. The van der Waals surface area contributed by atoms with Gasteiger partial charge in [-0.3, -0.25) is 0 Å². The maximum atomic E-state index is 2.27. The summed E-state index contributed by atoms with van der Waals surface area (Å²) in [5, 5.41) is 7.22. The second-order valence-electron chi connectivity index (χ2n) is 4.26. The van der Waals surface area contributed by atoms with Crippen LogP contribution >= 0.6 is 22.7 Å². The number of fused-ring (bicyclic) bond motifs is 1. The summed E-state index contributed by atoms with van der Waals surface area (Å²) >= 11 is 4.12. The fraction of sp³-hybridized carbons (Fsp3) is 0. The van der Waals surface area contributed by atoms with Crippen molar-refractivity contribution in [2.75, 3.05) is 0 Å². The number of thiophene rings is 2. The zero-order valence-corrected chi connectivity index (χ0v) is 13.3. The number of rotatable bonds is 2. The van der Waals surface area contributed by atoms with Gasteiger partial charge in [-0.2, -0.15) is 0 Å². The Balaban J connectivity index is 2.06. The fourth-order valence-electron chi connectivity index (χ4n) is 2.27. The van der Waals surface area contributed by atoms with E-state index in [1.54, 1.807) is 8.87 Å². The molecule has 0 nitrogen and oxygen atoms in total. The summed E-state index contributed by atoms with van der Waals surface area (Å²) in [6.07, 6.45) is 0. The third-order valence-electron chi connectivity index (χ3n) is 3.11. The van der Waals surface area contributed by atoms with E-state index in [0.717, 1.165) is 0 Å². The summed E-state index contributed by atoms with van der Waals surface area (Å²) in [5.74, 6) is 0. The molecule has 0 atom stereocenters. The number of hydrogen-bond acceptors (Lipinski definition) is 2. The molecule has 0 radical (unpaired) electrons. The van der Waals surface area contributed by atoms with Gasteiger partial charge in [-0.1, -0.05) is 0 Å². The molecule has 0 unspecified atom stereocenters. The van der Waals surface area contributed by atoms with Gasteiger partial charge in [0.2, 0.25) is 0 Å². The molecule has 1 aromatic carbocycles. The zero-order valence-electron chi connectivity index (χ0n) is 10.00. The first-order valence-corrected chi connectivity index (χ1v) is 9.50. The Hall–Kier alpha value is -1.12. The van der Waals surface area contributed by atoms with E-state index >= 15 is 0 Å². The van der Waals surface area contributed by atoms with Crippen LogP contribution in [0, 0.1) is 0 Å². The maximum absolute atomic E-state index is 2.27. The molecule has 92 valence electrons. The molecule has 0 fully saturated rings. The average molecular weight is 345 g/mol. The number of benzene rings is 1. The molecule has 0 aliphatic heterocycles. The first-order chi connectivity index (χ1) is 9.43. The van der Waals surface area contributed by atoms with E-state index in [2.05, 4.69) is 59.3 Å². The predicted molar refractivity (Wildman–Crippen MR) is 87.5 cm³/mol. The molecule has 3 aromatic heterocycles. The molecule has 0 saturated carbocycles. The van der Waals surface area contributed by atoms with E-state index in [1.807, 2.05) is 22.7 Å². The Morgan fingerprint density at radius 3 is 1.58 bits per heavy atom. The van der Waals surface area contributed by atoms with Gasteiger partial charge in [0, 0.05) is 0 Å². The van der Waals surface area contributed by atoms with Gasteiger partial charge in [0.05, 0.1) is 0 Å². The summed E-state index contributed by atoms with van der Waals surface area (Å²) in [4.78, 5) is 2.86. The molecular weight excluding hydrogens is 335 g/mol. The molecule has 0 spiro atoms. The quantitative estimate of drug-likeness (QED) is 0.429. The van der Waals surface area contributed by atoms with Gasteiger partial charge in [-0.25, -0.2) is 0 Å². The van der Waals surface area contributed by atoms with Gasteiger partial charge in [-0.15, -0.1) is 0 Å². The summed E-state index contributed by atoms with van der Waals surface area (Å²) < 4.78 is 3.09. The molecule has 0 bridgehead atoms. The summed E-state index contributed by atoms with van der Waals surface area (Å²) in [5.41, 5.74) is 0. The van der Waals surface area contributed by atoms with Gasteiger partial charge in [0.1, 0.15) is 0 Å². The molecule has 0 aliphatic rings. The first kappa shape index (κ1) is 11.7. The summed E-state index contributed by atoms with van der Waals surface area (Å²) in [6.45, 7) is 0. The molecular formula is C16H10S2Se. The van der Waals surface area contributed by atoms with Gasteiger partial charge >= 0.3 is 126 Å². The Bertz CT molecular complexity index is 740. The third kappa shape index (κ3) is 1.94. The third-order valence-corrected chi connectivity index (χ3v) is 8.17. The summed E-state index contributed by atoms with van der Waals surface area (Å²) in [7, 11) is 0. The Kier molecular flexibility index (Phi) is 2.93. The van der Waals surface area contributed by atoms with Crippen LogP contribution in [0.1, 0.15) is 0 Å². The van der Waals surface area contributed by atoms with Crippen molar-refractivity contribution in [3.63, 3.8) is 0 Å². The zero-order chi connectivity index (χ0) is 12.7. The second-order valence-corrected chi connectivity index (χ2v) is 8.30. The van der Waals surface area contributed by atoms with Crippen molar-refractivity contribution >= 4 is 47.9 Å². The minimum atomic E-state index is 0.416. The minimum absolute atomic E-state index is 0.416. The molecule has 0 amide bonds. The molecule has 0 aliphatic carbocycles. The number of hydrogen-bond donors (Lipinski definition) is 0. The predicted octanol–water partition coefficient (Wildman–Crippen LogP) is 5.35. The van der Waals surface area contributed by atoms with Gasteiger partial charge in [0.25, 0.3) is 0 Å². The van der Waals surface area contributed by atoms with Gasteiger partial charge in [-0.05, 0) is 0 Å². The van der Waals surface area contributed by atoms with Crippen LogP contribution in [0.2, 0.25) is 0 Å². The van der Waals surface area contributed by atoms with Crippen molar-refractivity contribution in [1.29, 1.82) is 0 Å². The van der Waals surface area contributed by atoms with Gasteiger partial charge in [0.15, 0.2) is 0 Å². The van der Waals surface area contributed by atoms with E-state index in [9.17, 15) is 0 Å². The molecule has 4 rings (SSSR count). The van der Waals surface area contributed by atoms with Crippen LogP contribution in [-0.2, 0) is 0 Å². The van der Waals surface area contributed by atoms with Crippen LogP contribution in [-0.4, -0.2) is 14.5 Å². The SMILES string of the molecule is c1csc(-c2[se]c(-c3cccs3)c3ccccc23)c1. The first-order valence-electron chi connectivity index (χ1n) is 6.03. The van der Waals surface area contributed by atoms with Crippen LogP contribution in [0.15, 0.2) is 59.3 Å². The topological polar surface area (TPSA) is 0 Å². The van der Waals surface area contributed by atoms with Crippen molar-refractivity contribution in [3.8, 4) is 18.6 Å². The average Bonchev–Trinajstić information content (AvgIpc) is 3.18. The van der Waals surface area contributed by atoms with Crippen molar-refractivity contribution in [1.82, 2.24) is 0 Å². The van der Waals surface area contributed by atoms with E-state index in [0.29, 0.717) is 14.5 Å². The van der Waals surface area contributed by atoms with Crippen LogP contribution in [0.5, 0.6) is 0 Å². The van der Waals surface area contributed by atoms with E-state index in [1.165, 1.54) is 20.5 Å². The van der Waals surface area contributed by atoms with Crippen molar-refractivity contribution < 1.29 is 0 Å². The normalized spacial score (nSPS) is 11.2. The van der Waals surface area contributed by atoms with E-state index in [-0.39, 0.29) is 0 Å². The molecule has 3 heteroatoms. The Morgan fingerprint density at radius 2 is 1.16 bits per heavy atom. The second kappa shape index (κ2) is 4.77. The van der Waals surface area contributed by atoms with Crippen LogP contribution in [0.25, 0.3) is 29.4 Å². The molecule has 0 saturated heterocycles. The van der Waals surface area contributed by atoms with E-state index in [4.69, 9.17) is 0 Å². The van der Waals surface area contributed by atoms with Crippen LogP contribution in [0.3, 0.4) is 0 Å². The van der Waals surface area contributed by atoms with Crippen LogP contribution in [0.4, 0.5) is 0 Å². The van der Waals surface area contributed by atoms with Crippen molar-refractivity contribution in [2.24, 2.45) is 0 Å². The van der Waals surface area contributed by atoms with Gasteiger partial charge < -0.3 is 0 Å².